The third-order valence-electron chi connectivity index (χ3n) is 5.37. The lowest BCUT2D eigenvalue weighted by Gasteiger charge is -2.21. The zero-order valence-electron chi connectivity index (χ0n) is 17.4. The Morgan fingerprint density at radius 3 is 2.84 bits per heavy atom. The number of carbonyl (C=O) groups excluding carboxylic acids is 1. The summed E-state index contributed by atoms with van der Waals surface area (Å²) in [6, 6.07) is 8.46. The number of fused-ring (bicyclic) bond motifs is 1. The molecule has 1 saturated heterocycles. The molecular weight excluding hydrogens is 416 g/mol. The van der Waals surface area contributed by atoms with Gasteiger partial charge in [-0.3, -0.25) is 4.79 Å². The van der Waals surface area contributed by atoms with E-state index in [2.05, 4.69) is 15.4 Å². The van der Waals surface area contributed by atoms with E-state index in [1.165, 1.54) is 6.20 Å². The van der Waals surface area contributed by atoms with Crippen molar-refractivity contribution in [3.05, 3.63) is 54.5 Å². The highest BCUT2D eigenvalue weighted by molar-refractivity contribution is 6.08. The third-order valence-corrected chi connectivity index (χ3v) is 5.37. The number of nitrogen functional groups attached to an aromatic ring is 1. The van der Waals surface area contributed by atoms with Gasteiger partial charge in [0.1, 0.15) is 6.04 Å². The minimum atomic E-state index is -2.83. The fourth-order valence-electron chi connectivity index (χ4n) is 3.62. The van der Waals surface area contributed by atoms with Gasteiger partial charge in [-0.2, -0.15) is 5.10 Å². The lowest BCUT2D eigenvalue weighted by atomic mass is 10.1. The standard InChI is InChI=1S/C22H23F2N7O/c1-14(21(32)30-6-5-22(23,24)13-30)27-10-17(9-25)16-8-20-28-12-19(31(20)29-11-16)15-3-2-4-18(26)7-15/h2-4,7-12,14,25,27H,5-6,13,26H2,1H3/b17-10+,25-9?. The Hall–Kier alpha value is -3.82. The van der Waals surface area contributed by atoms with Crippen molar-refractivity contribution < 1.29 is 13.6 Å². The zero-order valence-corrected chi connectivity index (χ0v) is 17.4. The first-order chi connectivity index (χ1) is 15.3. The number of alkyl halides is 2. The van der Waals surface area contributed by atoms with Crippen LogP contribution in [-0.4, -0.2) is 56.7 Å². The van der Waals surface area contributed by atoms with Crippen LogP contribution >= 0.6 is 0 Å². The van der Waals surface area contributed by atoms with Crippen LogP contribution in [0.4, 0.5) is 14.5 Å². The van der Waals surface area contributed by atoms with E-state index in [9.17, 15) is 13.6 Å². The number of hydrogen-bond acceptors (Lipinski definition) is 6. The first-order valence-corrected chi connectivity index (χ1v) is 10.1. The van der Waals surface area contributed by atoms with Gasteiger partial charge in [0.2, 0.25) is 5.91 Å². The van der Waals surface area contributed by atoms with Gasteiger partial charge in [-0.05, 0) is 25.1 Å². The average molecular weight is 439 g/mol. The van der Waals surface area contributed by atoms with Crippen molar-refractivity contribution in [2.75, 3.05) is 18.8 Å². The number of halogens is 2. The minimum absolute atomic E-state index is 0.0366. The van der Waals surface area contributed by atoms with Gasteiger partial charge in [0.25, 0.3) is 5.92 Å². The van der Waals surface area contributed by atoms with E-state index < -0.39 is 24.4 Å². The molecule has 0 aliphatic carbocycles. The molecule has 166 valence electrons. The lowest BCUT2D eigenvalue weighted by Crippen LogP contribution is -2.43. The molecule has 1 unspecified atom stereocenters. The monoisotopic (exact) mass is 439 g/mol. The van der Waals surface area contributed by atoms with Gasteiger partial charge in [0.15, 0.2) is 5.65 Å². The quantitative estimate of drug-likeness (QED) is 0.404. The number of likely N-dealkylation sites (tertiary alicyclic amines) is 1. The van der Waals surface area contributed by atoms with Crippen LogP contribution in [0.2, 0.25) is 0 Å². The Kier molecular flexibility index (Phi) is 5.60. The summed E-state index contributed by atoms with van der Waals surface area (Å²) in [7, 11) is 0. The predicted molar refractivity (Wildman–Crippen MR) is 118 cm³/mol. The molecule has 2 aromatic heterocycles. The summed E-state index contributed by atoms with van der Waals surface area (Å²) in [4.78, 5) is 18.0. The van der Waals surface area contributed by atoms with Gasteiger partial charge in [-0.15, -0.1) is 0 Å². The van der Waals surface area contributed by atoms with Crippen molar-refractivity contribution in [2.24, 2.45) is 0 Å². The van der Waals surface area contributed by atoms with E-state index in [4.69, 9.17) is 11.1 Å². The molecule has 32 heavy (non-hydrogen) atoms. The van der Waals surface area contributed by atoms with Crippen molar-refractivity contribution in [2.45, 2.75) is 25.3 Å². The van der Waals surface area contributed by atoms with E-state index in [1.54, 1.807) is 36.0 Å². The molecule has 1 fully saturated rings. The van der Waals surface area contributed by atoms with Gasteiger partial charge in [-0.25, -0.2) is 18.3 Å². The van der Waals surface area contributed by atoms with E-state index in [0.29, 0.717) is 22.5 Å². The molecule has 4 rings (SSSR count). The summed E-state index contributed by atoms with van der Waals surface area (Å²) in [6.07, 6.45) is 5.61. The maximum Gasteiger partial charge on any atom is 0.267 e. The van der Waals surface area contributed by atoms with Crippen LogP contribution in [0, 0.1) is 5.41 Å². The molecule has 3 aromatic rings. The molecule has 1 aliphatic heterocycles. The second-order valence-electron chi connectivity index (χ2n) is 7.78. The van der Waals surface area contributed by atoms with Crippen LogP contribution in [0.1, 0.15) is 18.9 Å². The first-order valence-electron chi connectivity index (χ1n) is 10.1. The topological polar surface area (TPSA) is 112 Å². The molecule has 3 heterocycles. The Morgan fingerprint density at radius 1 is 1.34 bits per heavy atom. The van der Waals surface area contributed by atoms with Gasteiger partial charge in [-0.1, -0.05) is 12.1 Å². The predicted octanol–water partition coefficient (Wildman–Crippen LogP) is 2.81. The number of aromatic nitrogens is 3. The summed E-state index contributed by atoms with van der Waals surface area (Å²) in [5, 5.41) is 15.1. The number of rotatable bonds is 6. The van der Waals surface area contributed by atoms with Gasteiger partial charge in [0, 0.05) is 47.8 Å². The zero-order chi connectivity index (χ0) is 22.9. The molecule has 10 heteroatoms. The number of nitrogens with two attached hydrogens (primary N) is 1. The maximum atomic E-state index is 13.4. The SMILES string of the molecule is CC(N/C=C(\C=N)c1cnn2c(-c3cccc(N)c3)cnc2c1)C(=O)N1CCC(F)(F)C1. The van der Waals surface area contributed by atoms with Crippen molar-refractivity contribution in [3.63, 3.8) is 0 Å². The summed E-state index contributed by atoms with van der Waals surface area (Å²) in [5.41, 5.74) is 9.83. The molecule has 8 nitrogen and oxygen atoms in total. The van der Waals surface area contributed by atoms with Crippen LogP contribution in [-0.2, 0) is 4.79 Å². The third kappa shape index (κ3) is 4.29. The molecular formula is C22H23F2N7O. The molecule has 4 N–H and O–H groups in total. The highest BCUT2D eigenvalue weighted by Crippen LogP contribution is 2.27. The summed E-state index contributed by atoms with van der Waals surface area (Å²) >= 11 is 0. The molecule has 1 aromatic carbocycles. The number of hydrogen-bond donors (Lipinski definition) is 3. The smallest absolute Gasteiger partial charge is 0.267 e. The van der Waals surface area contributed by atoms with Crippen molar-refractivity contribution >= 4 is 29.0 Å². The normalized spacial score (nSPS) is 16.8. The van der Waals surface area contributed by atoms with E-state index in [1.807, 2.05) is 18.2 Å². The van der Waals surface area contributed by atoms with Gasteiger partial charge >= 0.3 is 0 Å². The highest BCUT2D eigenvalue weighted by Gasteiger charge is 2.41. The van der Waals surface area contributed by atoms with Crippen molar-refractivity contribution in [1.29, 1.82) is 5.41 Å². The number of nitrogens with one attached hydrogen (secondary N) is 2. The second kappa shape index (κ2) is 8.37. The van der Waals surface area contributed by atoms with E-state index >= 15 is 0 Å². The number of carbonyl (C=O) groups is 1. The first kappa shape index (κ1) is 21.4. The number of benzene rings is 1. The van der Waals surface area contributed by atoms with Gasteiger partial charge in [0.05, 0.1) is 24.6 Å². The molecule has 0 saturated carbocycles. The highest BCUT2D eigenvalue weighted by atomic mass is 19.3. The van der Waals surface area contributed by atoms with Crippen LogP contribution in [0.15, 0.2) is 48.9 Å². The Labute approximate surface area is 183 Å². The molecule has 1 aliphatic rings. The largest absolute Gasteiger partial charge is 0.399 e. The van der Waals surface area contributed by atoms with Crippen LogP contribution < -0.4 is 11.1 Å². The second-order valence-corrected chi connectivity index (χ2v) is 7.78. The number of amides is 1. The summed E-state index contributed by atoms with van der Waals surface area (Å²) < 4.78 is 28.5. The summed E-state index contributed by atoms with van der Waals surface area (Å²) in [6.45, 7) is 1.08. The van der Waals surface area contributed by atoms with Crippen molar-refractivity contribution in [3.8, 4) is 11.3 Å². The number of imidazole rings is 1. The maximum absolute atomic E-state index is 13.4. The molecule has 0 bridgehead atoms. The fraction of sp³-hybridized carbons (Fsp3) is 0.273. The van der Waals surface area contributed by atoms with E-state index in [0.717, 1.165) is 22.4 Å². The van der Waals surface area contributed by atoms with Crippen molar-refractivity contribution in [1.82, 2.24) is 24.8 Å². The Bertz CT molecular complexity index is 1200. The Balaban J connectivity index is 1.52. The van der Waals surface area contributed by atoms with Crippen LogP contribution in [0.25, 0.3) is 22.5 Å². The van der Waals surface area contributed by atoms with Crippen LogP contribution in [0.3, 0.4) is 0 Å². The average Bonchev–Trinajstić information content (AvgIpc) is 3.36. The van der Waals surface area contributed by atoms with Crippen LogP contribution in [0.5, 0.6) is 0 Å². The Morgan fingerprint density at radius 2 is 2.16 bits per heavy atom. The fourth-order valence-corrected chi connectivity index (χ4v) is 3.62. The molecule has 0 radical (unpaired) electrons. The molecule has 1 amide bonds. The number of allylic oxidation sites excluding steroid dienone is 1. The molecule has 1 atom stereocenters. The van der Waals surface area contributed by atoms with E-state index in [-0.39, 0.29) is 13.0 Å². The van der Waals surface area contributed by atoms with Gasteiger partial charge < -0.3 is 21.4 Å². The number of nitrogens with zero attached hydrogens (tertiary/aromatic N) is 4. The molecule has 0 spiro atoms. The minimum Gasteiger partial charge on any atom is -0.399 e. The summed E-state index contributed by atoms with van der Waals surface area (Å²) in [5.74, 6) is -3.24. The lowest BCUT2D eigenvalue weighted by molar-refractivity contribution is -0.133. The number of anilines is 1.